The van der Waals surface area contributed by atoms with Crippen LogP contribution < -0.4 is 15.9 Å². The number of rotatable bonds is 5. The molecular weight excluding hydrogens is 312 g/mol. The summed E-state index contributed by atoms with van der Waals surface area (Å²) in [5, 5.41) is 4.64. The van der Waals surface area contributed by atoms with Crippen LogP contribution in [0.25, 0.3) is 0 Å². The number of aromatic nitrogens is 1. The van der Waals surface area contributed by atoms with Gasteiger partial charge in [-0.3, -0.25) is 4.79 Å². The fourth-order valence-electron chi connectivity index (χ4n) is 2.01. The lowest BCUT2D eigenvalue weighted by atomic mass is 10.1. The Balaban J connectivity index is 1.92. The summed E-state index contributed by atoms with van der Waals surface area (Å²) < 4.78 is 9.61. The zero-order valence-corrected chi connectivity index (χ0v) is 14.5. The molecule has 1 heterocycles. The molecule has 0 aliphatic heterocycles. The van der Waals surface area contributed by atoms with Crippen molar-refractivity contribution in [2.45, 2.75) is 27.7 Å². The van der Waals surface area contributed by atoms with E-state index in [4.69, 9.17) is 10.5 Å². The molecule has 6 nitrogen and oxygen atoms in total. The van der Waals surface area contributed by atoms with Crippen molar-refractivity contribution in [1.29, 1.82) is 0 Å². The maximum atomic E-state index is 11.8. The normalized spacial score (nSPS) is 11.4. The Morgan fingerprint density at radius 3 is 2.70 bits per heavy atom. The summed E-state index contributed by atoms with van der Waals surface area (Å²) in [5.41, 5.74) is 12.8. The highest BCUT2D eigenvalue weighted by Crippen LogP contribution is 2.21. The van der Waals surface area contributed by atoms with Gasteiger partial charge in [0, 0.05) is 0 Å². The second kappa shape index (κ2) is 7.23. The highest BCUT2D eigenvalue weighted by atomic mass is 32.1. The largest absolute Gasteiger partial charge is 0.484 e. The van der Waals surface area contributed by atoms with Crippen LogP contribution in [-0.2, 0) is 4.79 Å². The number of amides is 1. The first kappa shape index (κ1) is 17.0. The van der Waals surface area contributed by atoms with Crippen LogP contribution in [0.3, 0.4) is 0 Å². The lowest BCUT2D eigenvalue weighted by Crippen LogP contribution is -2.25. The molecule has 0 fully saturated rings. The third-order valence-electron chi connectivity index (χ3n) is 3.45. The molecule has 0 bridgehead atoms. The molecule has 7 heteroatoms. The molecule has 0 saturated carbocycles. The maximum Gasteiger partial charge on any atom is 0.277 e. The molecule has 2 rings (SSSR count). The summed E-state index contributed by atoms with van der Waals surface area (Å²) >= 11 is 1.21. The van der Waals surface area contributed by atoms with Gasteiger partial charge in [0.25, 0.3) is 5.91 Å². The Hall–Kier alpha value is -2.41. The number of carbonyl (C=O) groups excluding carboxylic acids is 1. The molecular formula is C16H20N4O2S. The van der Waals surface area contributed by atoms with E-state index in [1.165, 1.54) is 17.1 Å². The monoisotopic (exact) mass is 332 g/mol. The van der Waals surface area contributed by atoms with Crippen molar-refractivity contribution in [3.05, 3.63) is 40.6 Å². The van der Waals surface area contributed by atoms with Gasteiger partial charge in [0.2, 0.25) is 0 Å². The minimum atomic E-state index is -0.331. The molecule has 0 aliphatic carbocycles. The Labute approximate surface area is 139 Å². The van der Waals surface area contributed by atoms with Gasteiger partial charge < -0.3 is 10.5 Å². The summed E-state index contributed by atoms with van der Waals surface area (Å²) in [6.45, 7) is 7.55. The molecule has 0 atom stereocenters. The molecule has 1 aromatic heterocycles. The molecule has 0 spiro atoms. The van der Waals surface area contributed by atoms with Crippen LogP contribution >= 0.6 is 11.5 Å². The molecule has 23 heavy (non-hydrogen) atoms. The standard InChI is InChI=1S/C16H20N4O2S/c1-9-5-6-13(7-10(9)2)22-8-14(21)19-18-11(3)15-12(4)20-23-16(15)17/h5-7H,8,17H2,1-4H3,(H,19,21)/b18-11-. The number of carbonyl (C=O) groups is 1. The first-order chi connectivity index (χ1) is 10.9. The molecule has 0 aliphatic rings. The van der Waals surface area contributed by atoms with E-state index >= 15 is 0 Å². The number of nitrogen functional groups attached to an aromatic ring is 1. The van der Waals surface area contributed by atoms with Gasteiger partial charge in [-0.2, -0.15) is 9.47 Å². The number of hydrogen-bond acceptors (Lipinski definition) is 6. The fourth-order valence-corrected chi connectivity index (χ4v) is 2.73. The second-order valence-corrected chi connectivity index (χ2v) is 6.08. The smallest absolute Gasteiger partial charge is 0.277 e. The molecule has 2 aromatic rings. The van der Waals surface area contributed by atoms with E-state index in [1.54, 1.807) is 6.92 Å². The molecule has 1 aromatic carbocycles. The number of nitrogens with two attached hydrogens (primary N) is 1. The molecule has 0 saturated heterocycles. The number of anilines is 1. The summed E-state index contributed by atoms with van der Waals surface area (Å²) in [6, 6.07) is 5.70. The SMILES string of the molecule is C/C(=N/NC(=O)COc1ccc(C)c(C)c1)c1c(C)nsc1N. The van der Waals surface area contributed by atoms with Crippen molar-refractivity contribution in [2.24, 2.45) is 5.10 Å². The van der Waals surface area contributed by atoms with Gasteiger partial charge in [-0.15, -0.1) is 0 Å². The number of aryl methyl sites for hydroxylation is 3. The predicted octanol–water partition coefficient (Wildman–Crippen LogP) is 2.57. The topological polar surface area (TPSA) is 89.6 Å². The summed E-state index contributed by atoms with van der Waals surface area (Å²) in [5.74, 6) is 0.327. The lowest BCUT2D eigenvalue weighted by Gasteiger charge is -2.08. The molecule has 0 unspecified atom stereocenters. The Bertz CT molecular complexity index is 733. The van der Waals surface area contributed by atoms with Gasteiger partial charge in [0.1, 0.15) is 10.8 Å². The zero-order chi connectivity index (χ0) is 17.0. The van der Waals surface area contributed by atoms with Crippen molar-refractivity contribution in [3.63, 3.8) is 0 Å². The molecule has 1 amide bonds. The van der Waals surface area contributed by atoms with E-state index in [1.807, 2.05) is 39.0 Å². The van der Waals surface area contributed by atoms with E-state index in [-0.39, 0.29) is 12.5 Å². The van der Waals surface area contributed by atoms with Crippen LogP contribution in [0.2, 0.25) is 0 Å². The van der Waals surface area contributed by atoms with E-state index in [0.29, 0.717) is 16.5 Å². The van der Waals surface area contributed by atoms with Crippen molar-refractivity contribution in [1.82, 2.24) is 9.80 Å². The number of hydrazone groups is 1. The predicted molar refractivity (Wildman–Crippen MR) is 93.0 cm³/mol. The van der Waals surface area contributed by atoms with Crippen LogP contribution in [0.5, 0.6) is 5.75 Å². The molecule has 3 N–H and O–H groups in total. The zero-order valence-electron chi connectivity index (χ0n) is 13.6. The minimum absolute atomic E-state index is 0.102. The van der Waals surface area contributed by atoms with Gasteiger partial charge >= 0.3 is 0 Å². The number of benzene rings is 1. The second-order valence-electron chi connectivity index (χ2n) is 5.27. The highest BCUT2D eigenvalue weighted by Gasteiger charge is 2.11. The van der Waals surface area contributed by atoms with Gasteiger partial charge in [-0.25, -0.2) is 5.43 Å². The van der Waals surface area contributed by atoms with Crippen molar-refractivity contribution >= 4 is 28.2 Å². The van der Waals surface area contributed by atoms with Crippen molar-refractivity contribution < 1.29 is 9.53 Å². The van der Waals surface area contributed by atoms with Gasteiger partial charge in [-0.1, -0.05) is 6.07 Å². The Morgan fingerprint density at radius 2 is 2.09 bits per heavy atom. The van der Waals surface area contributed by atoms with Crippen molar-refractivity contribution in [3.8, 4) is 5.75 Å². The van der Waals surface area contributed by atoms with E-state index in [9.17, 15) is 4.79 Å². The van der Waals surface area contributed by atoms with Gasteiger partial charge in [0.05, 0.1) is 17.0 Å². The van der Waals surface area contributed by atoms with Crippen LogP contribution in [0.4, 0.5) is 5.00 Å². The number of nitrogens with one attached hydrogen (secondary N) is 1. The number of hydrogen-bond donors (Lipinski definition) is 2. The van der Waals surface area contributed by atoms with Crippen LogP contribution in [0.1, 0.15) is 29.3 Å². The minimum Gasteiger partial charge on any atom is -0.484 e. The Morgan fingerprint density at radius 1 is 1.35 bits per heavy atom. The molecule has 0 radical (unpaired) electrons. The van der Waals surface area contributed by atoms with E-state index in [0.717, 1.165) is 16.8 Å². The first-order valence-electron chi connectivity index (χ1n) is 7.13. The maximum absolute atomic E-state index is 11.8. The average molecular weight is 332 g/mol. The molecule has 122 valence electrons. The number of ether oxygens (including phenoxy) is 1. The van der Waals surface area contributed by atoms with Gasteiger partial charge in [-0.05, 0) is 62.5 Å². The lowest BCUT2D eigenvalue weighted by molar-refractivity contribution is -0.123. The van der Waals surface area contributed by atoms with Crippen LogP contribution in [0, 0.1) is 20.8 Å². The third kappa shape index (κ3) is 4.29. The summed E-state index contributed by atoms with van der Waals surface area (Å²) in [7, 11) is 0. The third-order valence-corrected chi connectivity index (χ3v) is 4.21. The van der Waals surface area contributed by atoms with E-state index < -0.39 is 0 Å². The van der Waals surface area contributed by atoms with E-state index in [2.05, 4.69) is 14.9 Å². The first-order valence-corrected chi connectivity index (χ1v) is 7.91. The highest BCUT2D eigenvalue weighted by molar-refractivity contribution is 7.10. The van der Waals surface area contributed by atoms with Crippen LogP contribution in [-0.4, -0.2) is 22.6 Å². The van der Waals surface area contributed by atoms with Crippen LogP contribution in [0.15, 0.2) is 23.3 Å². The number of nitrogens with zero attached hydrogens (tertiary/aromatic N) is 2. The average Bonchev–Trinajstić information content (AvgIpc) is 2.85. The summed E-state index contributed by atoms with van der Waals surface area (Å²) in [4.78, 5) is 11.8. The fraction of sp³-hybridized carbons (Fsp3) is 0.312. The van der Waals surface area contributed by atoms with Crippen molar-refractivity contribution in [2.75, 3.05) is 12.3 Å². The quantitative estimate of drug-likeness (QED) is 0.650. The summed E-state index contributed by atoms with van der Waals surface area (Å²) in [6.07, 6.45) is 0. The Kier molecular flexibility index (Phi) is 5.33. The van der Waals surface area contributed by atoms with Gasteiger partial charge in [0.15, 0.2) is 6.61 Å².